The largest absolute Gasteiger partial charge is 0.337 e. The van der Waals surface area contributed by atoms with Gasteiger partial charge in [-0.05, 0) is 43.5 Å². The molecular weight excluding hydrogens is 312 g/mol. The molecule has 1 atom stereocenters. The Morgan fingerprint density at radius 3 is 2.79 bits per heavy atom. The number of benzene rings is 1. The Morgan fingerprint density at radius 2 is 2.17 bits per heavy atom. The lowest BCUT2D eigenvalue weighted by Gasteiger charge is -2.20. The van der Waals surface area contributed by atoms with Gasteiger partial charge in [-0.1, -0.05) is 5.16 Å². The number of carbonyl (C=O) groups excluding carboxylic acids is 1. The number of nitro benzene ring substituents is 1. The zero-order valence-corrected chi connectivity index (χ0v) is 13.1. The van der Waals surface area contributed by atoms with Gasteiger partial charge in [0, 0.05) is 24.8 Å². The number of nitrogens with zero attached hydrogens (tertiary/aromatic N) is 4. The van der Waals surface area contributed by atoms with Crippen LogP contribution in [0.5, 0.6) is 0 Å². The van der Waals surface area contributed by atoms with Gasteiger partial charge in [-0.2, -0.15) is 4.98 Å². The van der Waals surface area contributed by atoms with E-state index in [0.29, 0.717) is 18.3 Å². The van der Waals surface area contributed by atoms with Gasteiger partial charge < -0.3 is 9.42 Å². The van der Waals surface area contributed by atoms with Crippen molar-refractivity contribution in [3.05, 3.63) is 57.7 Å². The van der Waals surface area contributed by atoms with E-state index in [9.17, 15) is 14.9 Å². The molecule has 1 aliphatic rings. The minimum atomic E-state index is -0.458. The maximum absolute atomic E-state index is 12.4. The Morgan fingerprint density at radius 1 is 1.42 bits per heavy atom. The smallest absolute Gasteiger partial charge is 0.269 e. The molecular formula is C16H16N4O4. The van der Waals surface area contributed by atoms with Crippen LogP contribution in [-0.4, -0.2) is 32.4 Å². The van der Waals surface area contributed by atoms with Gasteiger partial charge in [-0.25, -0.2) is 0 Å². The second-order valence-corrected chi connectivity index (χ2v) is 5.55. The molecule has 1 unspecified atom stereocenters. The first-order valence-electron chi connectivity index (χ1n) is 7.58. The normalized spacial score (nSPS) is 17.5. The van der Waals surface area contributed by atoms with E-state index in [1.54, 1.807) is 30.0 Å². The van der Waals surface area contributed by atoms with Crippen LogP contribution < -0.4 is 0 Å². The van der Waals surface area contributed by atoms with Crippen molar-refractivity contribution < 1.29 is 14.2 Å². The Bertz CT molecular complexity index is 782. The van der Waals surface area contributed by atoms with Crippen LogP contribution in [0.1, 0.15) is 36.2 Å². The van der Waals surface area contributed by atoms with Crippen LogP contribution in [0.25, 0.3) is 6.08 Å². The highest BCUT2D eigenvalue weighted by atomic mass is 16.6. The van der Waals surface area contributed by atoms with Gasteiger partial charge in [0.15, 0.2) is 5.82 Å². The number of carbonyl (C=O) groups is 1. The molecule has 1 aliphatic heterocycles. The molecule has 3 rings (SSSR count). The lowest BCUT2D eigenvalue weighted by molar-refractivity contribution is -0.384. The van der Waals surface area contributed by atoms with E-state index < -0.39 is 4.92 Å². The van der Waals surface area contributed by atoms with Crippen LogP contribution in [0.15, 0.2) is 34.9 Å². The number of hydrogen-bond acceptors (Lipinski definition) is 6. The van der Waals surface area contributed by atoms with E-state index in [1.165, 1.54) is 18.2 Å². The lowest BCUT2D eigenvalue weighted by Crippen LogP contribution is -2.29. The highest BCUT2D eigenvalue weighted by Crippen LogP contribution is 2.31. The van der Waals surface area contributed by atoms with Crippen molar-refractivity contribution in [3.63, 3.8) is 0 Å². The standard InChI is InChI=1S/C16H16N4O4/c1-11-17-16(24-18-11)14-3-2-10-19(14)15(21)9-6-12-4-7-13(8-5-12)20(22)23/h4-9,14H,2-3,10H2,1H3/b9-6+. The molecule has 124 valence electrons. The first-order valence-corrected chi connectivity index (χ1v) is 7.58. The minimum Gasteiger partial charge on any atom is -0.337 e. The number of aromatic nitrogens is 2. The van der Waals surface area contributed by atoms with Crippen LogP contribution in [0.2, 0.25) is 0 Å². The van der Waals surface area contributed by atoms with Gasteiger partial charge in [-0.15, -0.1) is 0 Å². The van der Waals surface area contributed by atoms with Gasteiger partial charge in [0.05, 0.1) is 4.92 Å². The summed E-state index contributed by atoms with van der Waals surface area (Å²) in [6.07, 6.45) is 4.77. The van der Waals surface area contributed by atoms with Crippen molar-refractivity contribution in [1.29, 1.82) is 0 Å². The Hall–Kier alpha value is -3.03. The second-order valence-electron chi connectivity index (χ2n) is 5.55. The van der Waals surface area contributed by atoms with E-state index >= 15 is 0 Å². The van der Waals surface area contributed by atoms with E-state index in [2.05, 4.69) is 10.1 Å². The monoisotopic (exact) mass is 328 g/mol. The molecule has 24 heavy (non-hydrogen) atoms. The minimum absolute atomic E-state index is 0.0184. The number of aryl methyl sites for hydroxylation is 1. The van der Waals surface area contributed by atoms with Gasteiger partial charge >= 0.3 is 0 Å². The molecule has 0 bridgehead atoms. The fourth-order valence-corrected chi connectivity index (χ4v) is 2.71. The zero-order chi connectivity index (χ0) is 17.1. The van der Waals surface area contributed by atoms with Crippen molar-refractivity contribution >= 4 is 17.7 Å². The van der Waals surface area contributed by atoms with Crippen LogP contribution in [-0.2, 0) is 4.79 Å². The topological polar surface area (TPSA) is 102 Å². The summed E-state index contributed by atoms with van der Waals surface area (Å²) in [5.41, 5.74) is 0.739. The molecule has 0 N–H and O–H groups in total. The molecule has 1 amide bonds. The average molecular weight is 328 g/mol. The number of nitro groups is 1. The maximum Gasteiger partial charge on any atom is 0.269 e. The summed E-state index contributed by atoms with van der Waals surface area (Å²) in [6.45, 7) is 2.37. The third-order valence-corrected chi connectivity index (χ3v) is 3.89. The van der Waals surface area contributed by atoms with Crippen molar-refractivity contribution in [2.75, 3.05) is 6.54 Å². The summed E-state index contributed by atoms with van der Waals surface area (Å²) < 4.78 is 5.18. The quantitative estimate of drug-likeness (QED) is 0.485. The van der Waals surface area contributed by atoms with Crippen LogP contribution in [0.4, 0.5) is 5.69 Å². The Labute approximate surface area is 137 Å². The number of non-ortho nitro benzene ring substituents is 1. The molecule has 8 heteroatoms. The third-order valence-electron chi connectivity index (χ3n) is 3.89. The summed E-state index contributed by atoms with van der Waals surface area (Å²) >= 11 is 0. The fraction of sp³-hybridized carbons (Fsp3) is 0.312. The summed E-state index contributed by atoms with van der Waals surface area (Å²) in [4.78, 5) is 28.5. The Balaban J connectivity index is 1.70. The highest BCUT2D eigenvalue weighted by molar-refractivity contribution is 5.92. The fourth-order valence-electron chi connectivity index (χ4n) is 2.71. The van der Waals surface area contributed by atoms with E-state index in [4.69, 9.17) is 4.52 Å². The number of likely N-dealkylation sites (tertiary alicyclic amines) is 1. The molecule has 2 heterocycles. The maximum atomic E-state index is 12.4. The molecule has 8 nitrogen and oxygen atoms in total. The zero-order valence-electron chi connectivity index (χ0n) is 13.1. The summed E-state index contributed by atoms with van der Waals surface area (Å²) in [5.74, 6) is 0.861. The summed E-state index contributed by atoms with van der Waals surface area (Å²) in [6, 6.07) is 5.82. The molecule has 0 radical (unpaired) electrons. The molecule has 1 fully saturated rings. The molecule has 0 saturated carbocycles. The lowest BCUT2D eigenvalue weighted by atomic mass is 10.2. The van der Waals surface area contributed by atoms with Crippen molar-refractivity contribution in [3.8, 4) is 0 Å². The third kappa shape index (κ3) is 3.32. The molecule has 2 aromatic rings. The first-order chi connectivity index (χ1) is 11.5. The van der Waals surface area contributed by atoms with Crippen molar-refractivity contribution in [2.24, 2.45) is 0 Å². The molecule has 0 spiro atoms. The highest BCUT2D eigenvalue weighted by Gasteiger charge is 2.32. The molecule has 0 aliphatic carbocycles. The van der Waals surface area contributed by atoms with Gasteiger partial charge in [0.1, 0.15) is 6.04 Å². The predicted octanol–water partition coefficient (Wildman–Crippen LogP) is 2.66. The van der Waals surface area contributed by atoms with E-state index in [1.807, 2.05) is 0 Å². The van der Waals surface area contributed by atoms with Crippen LogP contribution >= 0.6 is 0 Å². The summed E-state index contributed by atoms with van der Waals surface area (Å²) in [5, 5.41) is 14.4. The predicted molar refractivity (Wildman–Crippen MR) is 84.9 cm³/mol. The number of rotatable bonds is 4. The molecule has 1 saturated heterocycles. The van der Waals surface area contributed by atoms with E-state index in [-0.39, 0.29) is 17.6 Å². The summed E-state index contributed by atoms with van der Waals surface area (Å²) in [7, 11) is 0. The van der Waals surface area contributed by atoms with Crippen molar-refractivity contribution in [2.45, 2.75) is 25.8 Å². The SMILES string of the molecule is Cc1noc(C2CCCN2C(=O)/C=C/c2ccc([N+](=O)[O-])cc2)n1. The second kappa shape index (κ2) is 6.61. The molecule has 1 aromatic heterocycles. The average Bonchev–Trinajstić information content (AvgIpc) is 3.21. The van der Waals surface area contributed by atoms with Gasteiger partial charge in [0.25, 0.3) is 5.69 Å². The Kier molecular flexibility index (Phi) is 4.37. The van der Waals surface area contributed by atoms with Crippen LogP contribution in [0, 0.1) is 17.0 Å². The number of amides is 1. The van der Waals surface area contributed by atoms with Crippen LogP contribution in [0.3, 0.4) is 0 Å². The first kappa shape index (κ1) is 15.9. The van der Waals surface area contributed by atoms with Crippen molar-refractivity contribution in [1.82, 2.24) is 15.0 Å². The van der Waals surface area contributed by atoms with E-state index in [0.717, 1.165) is 18.4 Å². The van der Waals surface area contributed by atoms with Gasteiger partial charge in [0.2, 0.25) is 11.8 Å². The molecule has 1 aromatic carbocycles. The van der Waals surface area contributed by atoms with Gasteiger partial charge in [-0.3, -0.25) is 14.9 Å². The number of hydrogen-bond donors (Lipinski definition) is 0.